The van der Waals surface area contributed by atoms with Gasteiger partial charge in [0.25, 0.3) is 0 Å². The summed E-state index contributed by atoms with van der Waals surface area (Å²) in [6.07, 6.45) is 0. The van der Waals surface area contributed by atoms with Crippen molar-refractivity contribution in [2.75, 3.05) is 12.4 Å². The molecule has 0 saturated carbocycles. The van der Waals surface area contributed by atoms with Gasteiger partial charge >= 0.3 is 0 Å². The van der Waals surface area contributed by atoms with Crippen molar-refractivity contribution in [2.24, 2.45) is 0 Å². The molecule has 1 heterocycles. The van der Waals surface area contributed by atoms with Gasteiger partial charge in [0.1, 0.15) is 22.8 Å². The Kier molecular flexibility index (Phi) is 5.04. The van der Waals surface area contributed by atoms with E-state index in [2.05, 4.69) is 10.3 Å². The topological polar surface area (TPSA) is 54.4 Å². The van der Waals surface area contributed by atoms with E-state index in [-0.39, 0.29) is 11.6 Å². The van der Waals surface area contributed by atoms with Crippen LogP contribution in [0.2, 0.25) is 0 Å². The molecule has 3 aromatic carbocycles. The smallest absolute Gasteiger partial charge is 0.147 e. The molecule has 0 bridgehead atoms. The number of nitrogens with zero attached hydrogens (tertiary/aromatic N) is 1. The van der Waals surface area contributed by atoms with Crippen molar-refractivity contribution in [3.63, 3.8) is 0 Å². The second-order valence-electron chi connectivity index (χ2n) is 6.89. The van der Waals surface area contributed by atoms with E-state index in [0.29, 0.717) is 11.1 Å². The van der Waals surface area contributed by atoms with Crippen LogP contribution in [0.15, 0.2) is 72.8 Å². The van der Waals surface area contributed by atoms with Gasteiger partial charge in [0.2, 0.25) is 0 Å². The molecule has 0 aliphatic carbocycles. The summed E-state index contributed by atoms with van der Waals surface area (Å²) in [5, 5.41) is 15.3. The normalized spacial score (nSPS) is 12.0. The Morgan fingerprint density at radius 1 is 0.931 bits per heavy atom. The van der Waals surface area contributed by atoms with Gasteiger partial charge in [-0.2, -0.15) is 0 Å². The van der Waals surface area contributed by atoms with Crippen LogP contribution < -0.4 is 10.1 Å². The molecule has 0 radical (unpaired) electrons. The zero-order valence-electron chi connectivity index (χ0n) is 16.2. The lowest BCUT2D eigenvalue weighted by molar-refractivity contribution is 0.415. The second kappa shape index (κ2) is 7.80. The maximum absolute atomic E-state index is 13.5. The lowest BCUT2D eigenvalue weighted by Gasteiger charge is -2.23. The molecule has 0 fully saturated rings. The summed E-state index contributed by atoms with van der Waals surface area (Å²) in [4.78, 5) is 4.50. The molecule has 0 saturated heterocycles. The number of pyridine rings is 1. The quantitative estimate of drug-likeness (QED) is 0.467. The Labute approximate surface area is 168 Å². The molecule has 146 valence electrons. The number of aromatic hydroxyl groups is 1. The number of methoxy groups -OCH3 is 1. The van der Waals surface area contributed by atoms with Gasteiger partial charge < -0.3 is 15.2 Å². The van der Waals surface area contributed by atoms with E-state index in [4.69, 9.17) is 4.74 Å². The first-order valence-corrected chi connectivity index (χ1v) is 9.30. The summed E-state index contributed by atoms with van der Waals surface area (Å²) in [6, 6.07) is 21.0. The summed E-state index contributed by atoms with van der Waals surface area (Å²) in [5.74, 6) is 0.556. The molecule has 0 amide bonds. The van der Waals surface area contributed by atoms with Crippen molar-refractivity contribution < 1.29 is 14.2 Å². The van der Waals surface area contributed by atoms with Crippen LogP contribution in [0.3, 0.4) is 0 Å². The number of aromatic nitrogens is 1. The minimum atomic E-state index is -0.393. The third kappa shape index (κ3) is 3.85. The van der Waals surface area contributed by atoms with E-state index in [0.717, 1.165) is 28.1 Å². The first-order valence-electron chi connectivity index (χ1n) is 9.30. The highest BCUT2D eigenvalue weighted by molar-refractivity contribution is 5.86. The largest absolute Gasteiger partial charge is 0.505 e. The number of nitrogens with one attached hydrogen (secondary N) is 1. The molecular formula is C24H21FN2O2. The Hall–Kier alpha value is -3.60. The molecule has 1 atom stereocenters. The van der Waals surface area contributed by atoms with Crippen LogP contribution in [0.5, 0.6) is 11.5 Å². The molecule has 5 heteroatoms. The lowest BCUT2D eigenvalue weighted by Crippen LogP contribution is -2.13. The van der Waals surface area contributed by atoms with E-state index in [9.17, 15) is 9.50 Å². The molecule has 0 spiro atoms. The number of benzene rings is 3. The fourth-order valence-electron chi connectivity index (χ4n) is 3.37. The zero-order chi connectivity index (χ0) is 20.4. The molecule has 4 aromatic rings. The van der Waals surface area contributed by atoms with Crippen LogP contribution in [-0.4, -0.2) is 17.2 Å². The van der Waals surface area contributed by atoms with Gasteiger partial charge in [0, 0.05) is 22.3 Å². The predicted octanol–water partition coefficient (Wildman–Crippen LogP) is 5.60. The number of ether oxygens (including phenoxy) is 1. The second-order valence-corrected chi connectivity index (χ2v) is 6.89. The van der Waals surface area contributed by atoms with Gasteiger partial charge in [-0.3, -0.25) is 0 Å². The van der Waals surface area contributed by atoms with E-state index in [1.165, 1.54) is 12.1 Å². The van der Waals surface area contributed by atoms with Gasteiger partial charge in [-0.25, -0.2) is 9.37 Å². The fraction of sp³-hybridized carbons (Fsp3) is 0.125. The first-order chi connectivity index (χ1) is 14.0. The van der Waals surface area contributed by atoms with Crippen molar-refractivity contribution in [1.29, 1.82) is 0 Å². The minimum absolute atomic E-state index is 0.113. The number of fused-ring (bicyclic) bond motifs is 1. The molecule has 4 rings (SSSR count). The van der Waals surface area contributed by atoms with Gasteiger partial charge in [-0.1, -0.05) is 30.3 Å². The van der Waals surface area contributed by atoms with Crippen molar-refractivity contribution >= 4 is 16.6 Å². The Balaban J connectivity index is 1.82. The molecule has 0 aliphatic heterocycles. The average molecular weight is 388 g/mol. The van der Waals surface area contributed by atoms with Gasteiger partial charge in [0.05, 0.1) is 13.2 Å². The highest BCUT2D eigenvalue weighted by Crippen LogP contribution is 2.37. The molecule has 29 heavy (non-hydrogen) atoms. The number of phenols is 1. The lowest BCUT2D eigenvalue weighted by atomic mass is 9.95. The first kappa shape index (κ1) is 18.7. The minimum Gasteiger partial charge on any atom is -0.505 e. The molecule has 4 nitrogen and oxygen atoms in total. The van der Waals surface area contributed by atoms with Crippen molar-refractivity contribution in [3.05, 3.63) is 95.4 Å². The number of hydrogen-bond donors (Lipinski definition) is 2. The number of halogens is 1. The predicted molar refractivity (Wildman–Crippen MR) is 113 cm³/mol. The highest BCUT2D eigenvalue weighted by atomic mass is 19.1. The SMILES string of the molecule is COc1ccc(NC(c2ccc(F)cc2)c2ccc3ccc(C)nc3c2O)cc1. The molecular weight excluding hydrogens is 367 g/mol. The third-order valence-corrected chi connectivity index (χ3v) is 4.92. The van der Waals surface area contributed by atoms with E-state index >= 15 is 0 Å². The fourth-order valence-corrected chi connectivity index (χ4v) is 3.37. The van der Waals surface area contributed by atoms with Gasteiger partial charge in [-0.05, 0) is 55.0 Å². The number of anilines is 1. The maximum atomic E-state index is 13.5. The summed E-state index contributed by atoms with van der Waals surface area (Å²) in [6.45, 7) is 1.89. The number of aryl methyl sites for hydroxylation is 1. The van der Waals surface area contributed by atoms with E-state index in [1.807, 2.05) is 55.5 Å². The summed E-state index contributed by atoms with van der Waals surface area (Å²) in [5.41, 5.74) is 3.71. The summed E-state index contributed by atoms with van der Waals surface area (Å²) >= 11 is 0. The average Bonchev–Trinajstić information content (AvgIpc) is 2.74. The zero-order valence-corrected chi connectivity index (χ0v) is 16.2. The third-order valence-electron chi connectivity index (χ3n) is 4.92. The monoisotopic (exact) mass is 388 g/mol. The summed E-state index contributed by atoms with van der Waals surface area (Å²) < 4.78 is 18.7. The van der Waals surface area contributed by atoms with Crippen molar-refractivity contribution in [3.8, 4) is 11.5 Å². The van der Waals surface area contributed by atoms with Crippen LogP contribution in [0.4, 0.5) is 10.1 Å². The van der Waals surface area contributed by atoms with Gasteiger partial charge in [-0.15, -0.1) is 0 Å². The maximum Gasteiger partial charge on any atom is 0.147 e. The highest BCUT2D eigenvalue weighted by Gasteiger charge is 2.20. The van der Waals surface area contributed by atoms with Crippen LogP contribution in [0.1, 0.15) is 22.9 Å². The number of rotatable bonds is 5. The van der Waals surface area contributed by atoms with Crippen molar-refractivity contribution in [1.82, 2.24) is 4.98 Å². The molecule has 0 aliphatic rings. The Bertz CT molecular complexity index is 1140. The van der Waals surface area contributed by atoms with Crippen LogP contribution in [0, 0.1) is 12.7 Å². The number of phenolic OH excluding ortho intramolecular Hbond substituents is 1. The van der Waals surface area contributed by atoms with Crippen molar-refractivity contribution in [2.45, 2.75) is 13.0 Å². The Morgan fingerprint density at radius 2 is 1.62 bits per heavy atom. The molecule has 1 unspecified atom stereocenters. The van der Waals surface area contributed by atoms with E-state index < -0.39 is 6.04 Å². The van der Waals surface area contributed by atoms with E-state index in [1.54, 1.807) is 19.2 Å². The van der Waals surface area contributed by atoms with Crippen LogP contribution >= 0.6 is 0 Å². The van der Waals surface area contributed by atoms with Crippen LogP contribution in [-0.2, 0) is 0 Å². The molecule has 2 N–H and O–H groups in total. The number of hydrogen-bond acceptors (Lipinski definition) is 4. The van der Waals surface area contributed by atoms with Crippen LogP contribution in [0.25, 0.3) is 10.9 Å². The summed E-state index contributed by atoms with van der Waals surface area (Å²) in [7, 11) is 1.62. The van der Waals surface area contributed by atoms with Gasteiger partial charge in [0.15, 0.2) is 0 Å². The standard InChI is InChI=1S/C24H21FN2O2/c1-15-3-4-17-7-14-21(24(28)23(17)26-15)22(16-5-8-18(25)9-6-16)27-19-10-12-20(29-2)13-11-19/h3-14,22,27-28H,1-2H3. The molecule has 1 aromatic heterocycles. The Morgan fingerprint density at radius 3 is 2.31 bits per heavy atom.